The third-order valence-electron chi connectivity index (χ3n) is 3.07. The van der Waals surface area contributed by atoms with Gasteiger partial charge in [-0.15, -0.1) is 0 Å². The summed E-state index contributed by atoms with van der Waals surface area (Å²) in [4.78, 5) is 2.38. The minimum absolute atomic E-state index is 0.774. The fraction of sp³-hybridized carbons (Fsp3) is 0.538. The molecule has 0 atom stereocenters. The summed E-state index contributed by atoms with van der Waals surface area (Å²) in [5.41, 5.74) is 2.73. The zero-order valence-electron chi connectivity index (χ0n) is 10.0. The summed E-state index contributed by atoms with van der Waals surface area (Å²) in [6.07, 6.45) is 2.39. The third-order valence-corrected chi connectivity index (χ3v) is 3.07. The Kier molecular flexibility index (Phi) is 3.67. The van der Waals surface area contributed by atoms with Crippen molar-refractivity contribution in [3.63, 3.8) is 0 Å². The second-order valence-electron chi connectivity index (χ2n) is 4.08. The zero-order valence-corrected chi connectivity index (χ0v) is 10.0. The number of ether oxygens (including phenoxy) is 2. The van der Waals surface area contributed by atoms with Crippen LogP contribution >= 0.6 is 0 Å². The molecule has 0 saturated heterocycles. The highest BCUT2D eigenvalue weighted by molar-refractivity contribution is 5.58. The minimum atomic E-state index is 0.774. The number of nitrogens with zero attached hydrogens (tertiary/aromatic N) is 1. The topological polar surface area (TPSA) is 21.7 Å². The van der Waals surface area contributed by atoms with E-state index in [4.69, 9.17) is 9.47 Å². The Hall–Kier alpha value is -1.22. The molecule has 0 fully saturated rings. The number of methoxy groups -OCH3 is 2. The van der Waals surface area contributed by atoms with Gasteiger partial charge < -0.3 is 14.4 Å². The van der Waals surface area contributed by atoms with Gasteiger partial charge in [0, 0.05) is 32.0 Å². The van der Waals surface area contributed by atoms with Gasteiger partial charge in [0.05, 0.1) is 13.7 Å². The van der Waals surface area contributed by atoms with Gasteiger partial charge in [0.2, 0.25) is 0 Å². The summed E-state index contributed by atoms with van der Waals surface area (Å²) < 4.78 is 10.4. The molecule has 3 nitrogen and oxygen atoms in total. The van der Waals surface area contributed by atoms with Crippen molar-refractivity contribution < 1.29 is 9.47 Å². The lowest BCUT2D eigenvalue weighted by atomic mass is 10.0. The summed E-state index contributed by atoms with van der Waals surface area (Å²) in [5.74, 6) is 0.933. The maximum Gasteiger partial charge on any atom is 0.120 e. The second-order valence-corrected chi connectivity index (χ2v) is 4.08. The first kappa shape index (κ1) is 11.3. The summed E-state index contributed by atoms with van der Waals surface area (Å²) in [5, 5.41) is 0. The molecule has 0 amide bonds. The highest BCUT2D eigenvalue weighted by atomic mass is 16.5. The first-order valence-electron chi connectivity index (χ1n) is 5.76. The molecule has 0 saturated carbocycles. The zero-order chi connectivity index (χ0) is 11.4. The molecule has 0 N–H and O–H groups in total. The highest BCUT2D eigenvalue weighted by Crippen LogP contribution is 2.30. The third kappa shape index (κ3) is 2.30. The van der Waals surface area contributed by atoms with Crippen LogP contribution in [0, 0.1) is 0 Å². The molecule has 1 aliphatic heterocycles. The number of fused-ring (bicyclic) bond motifs is 1. The Bertz CT molecular complexity index is 352. The fourth-order valence-electron chi connectivity index (χ4n) is 2.19. The van der Waals surface area contributed by atoms with Crippen molar-refractivity contribution in [1.29, 1.82) is 0 Å². The molecule has 88 valence electrons. The fourth-order valence-corrected chi connectivity index (χ4v) is 2.19. The lowest BCUT2D eigenvalue weighted by molar-refractivity contribution is 0.205. The molecule has 1 aromatic carbocycles. The molecule has 3 heteroatoms. The Morgan fingerprint density at radius 2 is 2.19 bits per heavy atom. The minimum Gasteiger partial charge on any atom is -0.497 e. The molecule has 16 heavy (non-hydrogen) atoms. The lowest BCUT2D eigenvalue weighted by Crippen LogP contribution is -2.32. The van der Waals surface area contributed by atoms with Crippen molar-refractivity contribution in [3.05, 3.63) is 23.8 Å². The van der Waals surface area contributed by atoms with E-state index in [0.29, 0.717) is 0 Å². The first-order valence-corrected chi connectivity index (χ1v) is 5.76. The highest BCUT2D eigenvalue weighted by Gasteiger charge is 2.16. The molecule has 0 bridgehead atoms. The predicted octanol–water partition coefficient (Wildman–Crippen LogP) is 2.09. The number of benzene rings is 1. The van der Waals surface area contributed by atoms with Gasteiger partial charge >= 0.3 is 0 Å². The number of hydrogen-bond acceptors (Lipinski definition) is 3. The van der Waals surface area contributed by atoms with E-state index in [0.717, 1.165) is 25.4 Å². The summed E-state index contributed by atoms with van der Waals surface area (Å²) >= 11 is 0. The van der Waals surface area contributed by atoms with Crippen LogP contribution in [0.3, 0.4) is 0 Å². The van der Waals surface area contributed by atoms with Gasteiger partial charge in [-0.05, 0) is 24.5 Å². The Labute approximate surface area is 97.0 Å². The van der Waals surface area contributed by atoms with Crippen LogP contribution < -0.4 is 9.64 Å². The number of rotatable bonds is 4. The molecule has 2 rings (SSSR count). The van der Waals surface area contributed by atoms with Gasteiger partial charge in [-0.25, -0.2) is 0 Å². The number of anilines is 1. The molecule has 0 unspecified atom stereocenters. The number of hydrogen-bond donors (Lipinski definition) is 0. The summed E-state index contributed by atoms with van der Waals surface area (Å²) in [6, 6.07) is 6.34. The molecule has 0 spiro atoms. The second kappa shape index (κ2) is 5.21. The van der Waals surface area contributed by atoms with E-state index in [-0.39, 0.29) is 0 Å². The van der Waals surface area contributed by atoms with Gasteiger partial charge in [0.1, 0.15) is 5.75 Å². The van der Waals surface area contributed by atoms with Gasteiger partial charge in [-0.2, -0.15) is 0 Å². The molecule has 0 radical (unpaired) electrons. The monoisotopic (exact) mass is 221 g/mol. The Morgan fingerprint density at radius 1 is 1.31 bits per heavy atom. The van der Waals surface area contributed by atoms with Gasteiger partial charge in [0.15, 0.2) is 0 Å². The SMILES string of the molecule is COCCN1CCCc2ccc(OC)cc21. The van der Waals surface area contributed by atoms with Crippen LogP contribution in [0.15, 0.2) is 18.2 Å². The van der Waals surface area contributed by atoms with Gasteiger partial charge in [-0.1, -0.05) is 6.07 Å². The quantitative estimate of drug-likeness (QED) is 0.777. The Morgan fingerprint density at radius 3 is 2.94 bits per heavy atom. The van der Waals surface area contributed by atoms with E-state index < -0.39 is 0 Å². The van der Waals surface area contributed by atoms with Crippen molar-refractivity contribution in [2.45, 2.75) is 12.8 Å². The normalized spacial score (nSPS) is 14.8. The van der Waals surface area contributed by atoms with E-state index >= 15 is 0 Å². The van der Waals surface area contributed by atoms with Crippen molar-refractivity contribution in [2.75, 3.05) is 38.8 Å². The van der Waals surface area contributed by atoms with Crippen molar-refractivity contribution in [3.8, 4) is 5.75 Å². The summed E-state index contributed by atoms with van der Waals surface area (Å²) in [6.45, 7) is 2.84. The standard InChI is InChI=1S/C13H19NO2/c1-15-9-8-14-7-3-4-11-5-6-12(16-2)10-13(11)14/h5-6,10H,3-4,7-9H2,1-2H3. The molecule has 1 aromatic rings. The summed E-state index contributed by atoms with van der Waals surface area (Å²) in [7, 11) is 3.46. The molecular weight excluding hydrogens is 202 g/mol. The molecule has 1 heterocycles. The van der Waals surface area contributed by atoms with Gasteiger partial charge in [-0.3, -0.25) is 0 Å². The van der Waals surface area contributed by atoms with E-state index in [1.165, 1.54) is 24.1 Å². The van der Waals surface area contributed by atoms with Crippen LogP contribution in [-0.4, -0.2) is 33.9 Å². The molecule has 0 aromatic heterocycles. The predicted molar refractivity (Wildman–Crippen MR) is 65.4 cm³/mol. The molecule has 0 aliphatic carbocycles. The molecular formula is C13H19NO2. The Balaban J connectivity index is 2.21. The average molecular weight is 221 g/mol. The van der Waals surface area contributed by atoms with E-state index in [2.05, 4.69) is 17.0 Å². The van der Waals surface area contributed by atoms with Crippen LogP contribution in [0.2, 0.25) is 0 Å². The smallest absolute Gasteiger partial charge is 0.120 e. The van der Waals surface area contributed by atoms with Crippen molar-refractivity contribution in [2.24, 2.45) is 0 Å². The van der Waals surface area contributed by atoms with Crippen LogP contribution in [0.5, 0.6) is 5.75 Å². The maximum absolute atomic E-state index is 5.28. The van der Waals surface area contributed by atoms with E-state index in [1.807, 2.05) is 6.07 Å². The van der Waals surface area contributed by atoms with Crippen LogP contribution in [0.1, 0.15) is 12.0 Å². The maximum atomic E-state index is 5.28. The number of aryl methyl sites for hydroxylation is 1. The van der Waals surface area contributed by atoms with E-state index in [9.17, 15) is 0 Å². The van der Waals surface area contributed by atoms with Crippen LogP contribution in [0.4, 0.5) is 5.69 Å². The largest absolute Gasteiger partial charge is 0.497 e. The molecule has 1 aliphatic rings. The van der Waals surface area contributed by atoms with E-state index in [1.54, 1.807) is 14.2 Å². The first-order chi connectivity index (χ1) is 7.85. The van der Waals surface area contributed by atoms with Crippen LogP contribution in [-0.2, 0) is 11.2 Å². The lowest BCUT2D eigenvalue weighted by Gasteiger charge is -2.31. The van der Waals surface area contributed by atoms with Crippen molar-refractivity contribution in [1.82, 2.24) is 0 Å². The van der Waals surface area contributed by atoms with Crippen molar-refractivity contribution >= 4 is 5.69 Å². The van der Waals surface area contributed by atoms with Gasteiger partial charge in [0.25, 0.3) is 0 Å². The average Bonchev–Trinajstić information content (AvgIpc) is 2.35. The van der Waals surface area contributed by atoms with Crippen LogP contribution in [0.25, 0.3) is 0 Å².